The number of para-hydroxylation sites is 1. The lowest BCUT2D eigenvalue weighted by Gasteiger charge is -2.22. The molecule has 1 N–H and O–H groups in total. The van der Waals surface area contributed by atoms with Crippen molar-refractivity contribution in [2.75, 3.05) is 5.75 Å². The first-order valence-corrected chi connectivity index (χ1v) is 8.56. The number of nitrogens with one attached hydrogen (secondary N) is 1. The molecule has 0 amide bonds. The molecule has 2 rings (SSSR count). The average Bonchev–Trinajstić information content (AvgIpc) is 2.86. The summed E-state index contributed by atoms with van der Waals surface area (Å²) in [5, 5.41) is 4.29. The molecular formula is C16H23F2NOS. The van der Waals surface area contributed by atoms with Crippen LogP contribution in [-0.4, -0.2) is 23.7 Å². The smallest absolute Gasteiger partial charge is 0.387 e. The summed E-state index contributed by atoms with van der Waals surface area (Å²) in [6, 6.07) is 7.50. The maximum absolute atomic E-state index is 12.5. The van der Waals surface area contributed by atoms with Crippen LogP contribution in [0.25, 0.3) is 0 Å². The van der Waals surface area contributed by atoms with Gasteiger partial charge in [0.2, 0.25) is 0 Å². The molecule has 118 valence electrons. The van der Waals surface area contributed by atoms with E-state index in [2.05, 4.69) is 17.0 Å². The van der Waals surface area contributed by atoms with Gasteiger partial charge in [0, 0.05) is 22.9 Å². The number of benzene rings is 1. The van der Waals surface area contributed by atoms with Gasteiger partial charge in [-0.1, -0.05) is 25.1 Å². The second-order valence-electron chi connectivity index (χ2n) is 5.39. The van der Waals surface area contributed by atoms with E-state index in [1.54, 1.807) is 12.1 Å². The molecule has 1 aliphatic rings. The zero-order chi connectivity index (χ0) is 15.2. The van der Waals surface area contributed by atoms with Crippen LogP contribution in [0.15, 0.2) is 24.3 Å². The van der Waals surface area contributed by atoms with E-state index in [1.165, 1.54) is 6.42 Å². The molecule has 0 aliphatic heterocycles. The molecule has 1 aliphatic carbocycles. The lowest BCUT2D eigenvalue weighted by atomic mass is 10.1. The van der Waals surface area contributed by atoms with Crippen LogP contribution in [-0.2, 0) is 0 Å². The highest BCUT2D eigenvalue weighted by molar-refractivity contribution is 7.99. The van der Waals surface area contributed by atoms with Crippen molar-refractivity contribution in [3.8, 4) is 5.75 Å². The fourth-order valence-electron chi connectivity index (χ4n) is 2.96. The topological polar surface area (TPSA) is 21.3 Å². The number of hydrogen-bond acceptors (Lipinski definition) is 3. The number of hydrogen-bond donors (Lipinski definition) is 1. The van der Waals surface area contributed by atoms with Gasteiger partial charge in [-0.15, -0.1) is 0 Å². The first-order chi connectivity index (χ1) is 10.1. The Balaban J connectivity index is 1.96. The summed E-state index contributed by atoms with van der Waals surface area (Å²) in [4.78, 5) is 0. The van der Waals surface area contributed by atoms with Crippen molar-refractivity contribution in [2.24, 2.45) is 0 Å². The van der Waals surface area contributed by atoms with Crippen LogP contribution in [0.2, 0.25) is 0 Å². The second kappa shape index (κ2) is 7.99. The monoisotopic (exact) mass is 315 g/mol. The predicted molar refractivity (Wildman–Crippen MR) is 84.2 cm³/mol. The first-order valence-electron chi connectivity index (χ1n) is 7.51. The fraction of sp³-hybridized carbons (Fsp3) is 0.625. The highest BCUT2D eigenvalue weighted by Crippen LogP contribution is 2.32. The van der Waals surface area contributed by atoms with E-state index in [1.807, 2.05) is 30.8 Å². The molecule has 3 atom stereocenters. The largest absolute Gasteiger partial charge is 0.434 e. The molecule has 2 nitrogen and oxygen atoms in total. The molecule has 1 saturated carbocycles. The summed E-state index contributed by atoms with van der Waals surface area (Å²) < 4.78 is 29.5. The Morgan fingerprint density at radius 1 is 1.33 bits per heavy atom. The van der Waals surface area contributed by atoms with E-state index in [4.69, 9.17) is 0 Å². The third kappa shape index (κ3) is 4.85. The summed E-state index contributed by atoms with van der Waals surface area (Å²) in [6.45, 7) is 1.41. The minimum atomic E-state index is -2.78. The van der Waals surface area contributed by atoms with E-state index >= 15 is 0 Å². The summed E-state index contributed by atoms with van der Waals surface area (Å²) in [6.07, 6.45) is 3.54. The third-order valence-electron chi connectivity index (χ3n) is 3.87. The molecule has 5 heteroatoms. The molecule has 0 bridgehead atoms. The van der Waals surface area contributed by atoms with Crippen LogP contribution in [0.4, 0.5) is 8.78 Å². The Labute approximate surface area is 129 Å². The van der Waals surface area contributed by atoms with Gasteiger partial charge in [-0.3, -0.25) is 0 Å². The molecule has 1 aromatic carbocycles. The van der Waals surface area contributed by atoms with Crippen LogP contribution in [0.1, 0.15) is 44.7 Å². The molecule has 0 saturated heterocycles. The van der Waals surface area contributed by atoms with Crippen LogP contribution in [0, 0.1) is 0 Å². The Morgan fingerprint density at radius 3 is 2.81 bits per heavy atom. The molecule has 1 fully saturated rings. The van der Waals surface area contributed by atoms with Crippen molar-refractivity contribution < 1.29 is 13.5 Å². The van der Waals surface area contributed by atoms with E-state index in [0.717, 1.165) is 29.4 Å². The number of alkyl halides is 2. The minimum Gasteiger partial charge on any atom is -0.434 e. The predicted octanol–water partition coefficient (Wildman–Crippen LogP) is 4.61. The van der Waals surface area contributed by atoms with Gasteiger partial charge in [0.15, 0.2) is 0 Å². The SMILES string of the molecule is CCSC1CCC(NC(C)c2ccccc2OC(F)F)C1. The molecular weight excluding hydrogens is 292 g/mol. The summed E-state index contributed by atoms with van der Waals surface area (Å²) in [7, 11) is 0. The zero-order valence-corrected chi connectivity index (χ0v) is 13.3. The van der Waals surface area contributed by atoms with Gasteiger partial charge >= 0.3 is 6.61 Å². The molecule has 1 aromatic rings. The molecule has 0 heterocycles. The molecule has 0 spiro atoms. The number of ether oxygens (including phenoxy) is 1. The molecule has 0 radical (unpaired) electrons. The standard InChI is InChI=1S/C16H23F2NOS/c1-3-21-13-9-8-12(10-13)19-11(2)14-6-4-5-7-15(14)20-16(17)18/h4-7,11-13,16,19H,3,8-10H2,1-2H3. The minimum absolute atomic E-state index is 0.00956. The second-order valence-corrected chi connectivity index (χ2v) is 6.97. The summed E-state index contributed by atoms with van der Waals surface area (Å²) in [5.74, 6) is 1.42. The average molecular weight is 315 g/mol. The van der Waals surface area contributed by atoms with Gasteiger partial charge in [-0.25, -0.2) is 0 Å². The summed E-state index contributed by atoms with van der Waals surface area (Å²) >= 11 is 2.01. The van der Waals surface area contributed by atoms with Gasteiger partial charge in [-0.05, 0) is 38.0 Å². The lowest BCUT2D eigenvalue weighted by Crippen LogP contribution is -2.30. The maximum Gasteiger partial charge on any atom is 0.387 e. The zero-order valence-electron chi connectivity index (χ0n) is 12.5. The third-order valence-corrected chi connectivity index (χ3v) is 5.11. The van der Waals surface area contributed by atoms with Crippen molar-refractivity contribution >= 4 is 11.8 Å². The van der Waals surface area contributed by atoms with Crippen molar-refractivity contribution in [1.82, 2.24) is 5.32 Å². The van der Waals surface area contributed by atoms with E-state index in [-0.39, 0.29) is 11.8 Å². The number of rotatable bonds is 7. The maximum atomic E-state index is 12.5. The molecule has 3 unspecified atom stereocenters. The van der Waals surface area contributed by atoms with Gasteiger partial charge in [0.1, 0.15) is 5.75 Å². The Hall–Kier alpha value is -0.810. The van der Waals surface area contributed by atoms with Crippen molar-refractivity contribution in [2.45, 2.75) is 57.1 Å². The molecule has 0 aromatic heterocycles. The molecule has 21 heavy (non-hydrogen) atoms. The van der Waals surface area contributed by atoms with Gasteiger partial charge in [-0.2, -0.15) is 20.5 Å². The van der Waals surface area contributed by atoms with Crippen LogP contribution < -0.4 is 10.1 Å². The Kier molecular flexibility index (Phi) is 6.30. The Bertz CT molecular complexity index is 444. The van der Waals surface area contributed by atoms with Crippen LogP contribution in [0.3, 0.4) is 0 Å². The van der Waals surface area contributed by atoms with Gasteiger partial charge in [0.25, 0.3) is 0 Å². The van der Waals surface area contributed by atoms with E-state index < -0.39 is 6.61 Å². The van der Waals surface area contributed by atoms with Crippen molar-refractivity contribution in [3.63, 3.8) is 0 Å². The highest BCUT2D eigenvalue weighted by atomic mass is 32.2. The summed E-state index contributed by atoms with van der Waals surface area (Å²) in [5.41, 5.74) is 0.796. The van der Waals surface area contributed by atoms with E-state index in [0.29, 0.717) is 6.04 Å². The van der Waals surface area contributed by atoms with Crippen molar-refractivity contribution in [3.05, 3.63) is 29.8 Å². The normalized spacial score (nSPS) is 23.5. The van der Waals surface area contributed by atoms with E-state index in [9.17, 15) is 8.78 Å². The van der Waals surface area contributed by atoms with Gasteiger partial charge < -0.3 is 10.1 Å². The Morgan fingerprint density at radius 2 is 2.10 bits per heavy atom. The highest BCUT2D eigenvalue weighted by Gasteiger charge is 2.26. The van der Waals surface area contributed by atoms with Crippen molar-refractivity contribution in [1.29, 1.82) is 0 Å². The number of halogens is 2. The lowest BCUT2D eigenvalue weighted by molar-refractivity contribution is -0.0506. The quantitative estimate of drug-likeness (QED) is 0.794. The number of thioether (sulfide) groups is 1. The van der Waals surface area contributed by atoms with Crippen LogP contribution in [0.5, 0.6) is 5.75 Å². The van der Waals surface area contributed by atoms with Gasteiger partial charge in [0.05, 0.1) is 0 Å². The first kappa shape index (κ1) is 16.6. The van der Waals surface area contributed by atoms with Crippen LogP contribution >= 0.6 is 11.8 Å². The fourth-order valence-corrected chi connectivity index (χ4v) is 4.11.